The summed E-state index contributed by atoms with van der Waals surface area (Å²) in [5.41, 5.74) is 3.27. The normalized spacial score (nSPS) is 11.9. The lowest BCUT2D eigenvalue weighted by atomic mass is 10.2. The first-order valence-corrected chi connectivity index (χ1v) is 4.20. The van der Waals surface area contributed by atoms with Gasteiger partial charge in [-0.1, -0.05) is 18.2 Å². The van der Waals surface area contributed by atoms with Gasteiger partial charge in [-0.15, -0.1) is 5.10 Å². The molecule has 72 valence electrons. The minimum Gasteiger partial charge on any atom is -0.492 e. The Bertz CT molecular complexity index is 517. The standard InChI is InChI=1S/C9H10N4O/c1-10-11-8-6-4-2-3-5-7(6)9(14)13-12-8/h2-5,10H,1H3,(H,11,12)(H,13,14). The summed E-state index contributed by atoms with van der Waals surface area (Å²) < 4.78 is 0. The first-order valence-electron chi connectivity index (χ1n) is 4.20. The molecule has 0 saturated carbocycles. The molecule has 0 atom stereocenters. The number of aromatic nitrogens is 2. The van der Waals surface area contributed by atoms with Gasteiger partial charge in [-0.25, -0.2) is 0 Å². The van der Waals surface area contributed by atoms with Gasteiger partial charge >= 0.3 is 0 Å². The number of hydrogen-bond donors (Lipinski definition) is 3. The summed E-state index contributed by atoms with van der Waals surface area (Å²) in [6, 6.07) is 7.38. The van der Waals surface area contributed by atoms with Gasteiger partial charge in [0.05, 0.1) is 0 Å². The number of benzene rings is 1. The van der Waals surface area contributed by atoms with Crippen LogP contribution in [0.5, 0.6) is 5.88 Å². The third kappa shape index (κ3) is 1.28. The van der Waals surface area contributed by atoms with Crippen molar-refractivity contribution in [3.8, 4) is 5.88 Å². The van der Waals surface area contributed by atoms with E-state index in [1.54, 1.807) is 13.1 Å². The molecule has 1 heterocycles. The number of nitrogens with zero attached hydrogens (tertiary/aromatic N) is 2. The molecule has 0 spiro atoms. The number of aromatic hydroxyl groups is 1. The van der Waals surface area contributed by atoms with Gasteiger partial charge in [0.1, 0.15) is 0 Å². The Balaban J connectivity index is 2.89. The van der Waals surface area contributed by atoms with Gasteiger partial charge in [0.15, 0.2) is 5.49 Å². The Morgan fingerprint density at radius 2 is 2.07 bits per heavy atom. The summed E-state index contributed by atoms with van der Waals surface area (Å²) in [4.78, 5) is 0. The highest BCUT2D eigenvalue weighted by Crippen LogP contribution is 2.16. The van der Waals surface area contributed by atoms with Crippen molar-refractivity contribution in [2.24, 2.45) is 5.10 Å². The van der Waals surface area contributed by atoms with Crippen molar-refractivity contribution in [3.05, 3.63) is 29.8 Å². The number of rotatable bonds is 1. The number of nitrogens with one attached hydrogen (secondary N) is 2. The molecule has 2 rings (SSSR count). The van der Waals surface area contributed by atoms with Crippen LogP contribution in [0, 0.1) is 0 Å². The Hall–Kier alpha value is -2.04. The van der Waals surface area contributed by atoms with Crippen LogP contribution in [0.25, 0.3) is 10.8 Å². The van der Waals surface area contributed by atoms with Crippen molar-refractivity contribution in [3.63, 3.8) is 0 Å². The van der Waals surface area contributed by atoms with E-state index in [-0.39, 0.29) is 5.88 Å². The second-order valence-corrected chi connectivity index (χ2v) is 2.78. The van der Waals surface area contributed by atoms with Crippen molar-refractivity contribution in [1.82, 2.24) is 15.6 Å². The Morgan fingerprint density at radius 3 is 2.79 bits per heavy atom. The van der Waals surface area contributed by atoms with Crippen LogP contribution in [0.3, 0.4) is 0 Å². The summed E-state index contributed by atoms with van der Waals surface area (Å²) in [7, 11) is 1.70. The second kappa shape index (κ2) is 3.37. The van der Waals surface area contributed by atoms with E-state index < -0.39 is 0 Å². The maximum absolute atomic E-state index is 9.46. The van der Waals surface area contributed by atoms with Crippen LogP contribution < -0.4 is 10.9 Å². The highest BCUT2D eigenvalue weighted by Gasteiger charge is 2.01. The van der Waals surface area contributed by atoms with E-state index >= 15 is 0 Å². The van der Waals surface area contributed by atoms with Crippen LogP contribution >= 0.6 is 0 Å². The van der Waals surface area contributed by atoms with Crippen LogP contribution in [0.4, 0.5) is 0 Å². The van der Waals surface area contributed by atoms with Crippen molar-refractivity contribution in [1.29, 1.82) is 0 Å². The van der Waals surface area contributed by atoms with Crippen molar-refractivity contribution in [2.75, 3.05) is 7.05 Å². The molecule has 1 aromatic heterocycles. The maximum atomic E-state index is 9.46. The van der Waals surface area contributed by atoms with Gasteiger partial charge in [0.2, 0.25) is 5.88 Å². The SMILES string of the molecule is CN/N=c1\[nH]nc(O)c2ccccc12. The molecule has 0 aliphatic heterocycles. The molecule has 0 fully saturated rings. The van der Waals surface area contributed by atoms with E-state index in [0.717, 1.165) is 5.39 Å². The lowest BCUT2D eigenvalue weighted by Crippen LogP contribution is -2.15. The summed E-state index contributed by atoms with van der Waals surface area (Å²) in [6.45, 7) is 0. The highest BCUT2D eigenvalue weighted by atomic mass is 16.3. The number of hydrogen-bond acceptors (Lipinski definition) is 4. The van der Waals surface area contributed by atoms with Gasteiger partial charge in [-0.3, -0.25) is 5.10 Å². The van der Waals surface area contributed by atoms with Gasteiger partial charge < -0.3 is 10.5 Å². The Labute approximate surface area is 80.1 Å². The fourth-order valence-electron chi connectivity index (χ4n) is 1.31. The van der Waals surface area contributed by atoms with Crippen molar-refractivity contribution in [2.45, 2.75) is 0 Å². The Kier molecular flexibility index (Phi) is 2.06. The van der Waals surface area contributed by atoms with Crippen molar-refractivity contribution >= 4 is 10.8 Å². The fraction of sp³-hybridized carbons (Fsp3) is 0.111. The van der Waals surface area contributed by atoms with E-state index in [1.807, 2.05) is 18.2 Å². The molecule has 14 heavy (non-hydrogen) atoms. The molecule has 0 radical (unpaired) electrons. The molecule has 5 nitrogen and oxygen atoms in total. The summed E-state index contributed by atoms with van der Waals surface area (Å²) in [5.74, 6) is -0.0179. The summed E-state index contributed by atoms with van der Waals surface area (Å²) in [6.07, 6.45) is 0. The zero-order chi connectivity index (χ0) is 9.97. The van der Waals surface area contributed by atoms with E-state index in [4.69, 9.17) is 0 Å². The third-order valence-electron chi connectivity index (χ3n) is 1.91. The average Bonchev–Trinajstić information content (AvgIpc) is 2.23. The zero-order valence-corrected chi connectivity index (χ0v) is 7.65. The van der Waals surface area contributed by atoms with Crippen LogP contribution in [0.2, 0.25) is 0 Å². The molecular weight excluding hydrogens is 180 g/mol. The number of fused-ring (bicyclic) bond motifs is 1. The minimum absolute atomic E-state index is 0.0179. The molecule has 0 unspecified atom stereocenters. The quantitative estimate of drug-likeness (QED) is 0.566. The molecule has 2 aromatic rings. The van der Waals surface area contributed by atoms with Gasteiger partial charge in [-0.05, 0) is 6.07 Å². The molecule has 0 bridgehead atoms. The maximum Gasteiger partial charge on any atom is 0.236 e. The monoisotopic (exact) mass is 190 g/mol. The first-order chi connectivity index (χ1) is 6.83. The predicted molar refractivity (Wildman–Crippen MR) is 52.4 cm³/mol. The molecule has 3 N–H and O–H groups in total. The third-order valence-corrected chi connectivity index (χ3v) is 1.91. The fourth-order valence-corrected chi connectivity index (χ4v) is 1.31. The smallest absolute Gasteiger partial charge is 0.236 e. The minimum atomic E-state index is -0.0179. The zero-order valence-electron chi connectivity index (χ0n) is 7.65. The molecular formula is C9H10N4O. The van der Waals surface area contributed by atoms with Crippen LogP contribution in [0.15, 0.2) is 29.4 Å². The van der Waals surface area contributed by atoms with E-state index in [0.29, 0.717) is 10.9 Å². The number of H-pyrrole nitrogens is 1. The van der Waals surface area contributed by atoms with Crippen LogP contribution in [-0.2, 0) is 0 Å². The molecule has 5 heteroatoms. The second-order valence-electron chi connectivity index (χ2n) is 2.78. The summed E-state index contributed by atoms with van der Waals surface area (Å²) >= 11 is 0. The lowest BCUT2D eigenvalue weighted by Gasteiger charge is -1.99. The Morgan fingerprint density at radius 1 is 1.36 bits per heavy atom. The molecule has 0 aliphatic carbocycles. The molecule has 0 aliphatic rings. The molecule has 0 amide bonds. The molecule has 0 saturated heterocycles. The van der Waals surface area contributed by atoms with Crippen LogP contribution in [-0.4, -0.2) is 22.4 Å². The molecule has 1 aromatic carbocycles. The largest absolute Gasteiger partial charge is 0.492 e. The average molecular weight is 190 g/mol. The van der Waals surface area contributed by atoms with Crippen LogP contribution in [0.1, 0.15) is 0 Å². The van der Waals surface area contributed by atoms with Gasteiger partial charge in [0.25, 0.3) is 0 Å². The van der Waals surface area contributed by atoms with Gasteiger partial charge in [0, 0.05) is 17.8 Å². The van der Waals surface area contributed by atoms with E-state index in [2.05, 4.69) is 20.7 Å². The summed E-state index contributed by atoms with van der Waals surface area (Å²) in [5, 5.41) is 21.3. The van der Waals surface area contributed by atoms with E-state index in [9.17, 15) is 5.11 Å². The lowest BCUT2D eigenvalue weighted by molar-refractivity contribution is 0.451. The van der Waals surface area contributed by atoms with Crippen molar-refractivity contribution < 1.29 is 5.11 Å². The predicted octanol–water partition coefficient (Wildman–Crippen LogP) is 0.304. The highest BCUT2D eigenvalue weighted by molar-refractivity contribution is 5.85. The van der Waals surface area contributed by atoms with E-state index in [1.165, 1.54) is 0 Å². The van der Waals surface area contributed by atoms with Gasteiger partial charge in [-0.2, -0.15) is 5.10 Å². The number of aromatic amines is 1. The first kappa shape index (κ1) is 8.55. The topological polar surface area (TPSA) is 73.3 Å².